The first-order valence-electron chi connectivity index (χ1n) is 6.47. The van der Waals surface area contributed by atoms with Crippen LogP contribution in [0.15, 0.2) is 36.7 Å². The predicted molar refractivity (Wildman–Crippen MR) is 72.2 cm³/mol. The second-order valence-electron chi connectivity index (χ2n) is 4.90. The molecule has 1 saturated carbocycles. The fourth-order valence-electron chi connectivity index (χ4n) is 2.50. The molecule has 1 N–H and O–H groups in total. The molecule has 1 aliphatic carbocycles. The van der Waals surface area contributed by atoms with Crippen LogP contribution in [0.1, 0.15) is 26.2 Å². The summed E-state index contributed by atoms with van der Waals surface area (Å²) in [5.41, 5.74) is 1.25. The van der Waals surface area contributed by atoms with Gasteiger partial charge in [-0.1, -0.05) is 19.1 Å². The Bertz CT molecular complexity index is 512. The average Bonchev–Trinajstić information content (AvgIpc) is 3.20. The Morgan fingerprint density at radius 1 is 1.35 bits per heavy atom. The Hall–Kier alpha value is -1.57. The van der Waals surface area contributed by atoms with E-state index in [0.717, 1.165) is 5.92 Å². The van der Waals surface area contributed by atoms with Gasteiger partial charge in [0.15, 0.2) is 0 Å². The molecule has 0 bridgehead atoms. The van der Waals surface area contributed by atoms with Gasteiger partial charge in [-0.2, -0.15) is 0 Å². The molecule has 1 unspecified atom stereocenters. The molecule has 2 aromatic rings. The fourth-order valence-corrected chi connectivity index (χ4v) is 2.50. The Morgan fingerprint density at radius 3 is 3.00 bits per heavy atom. The van der Waals surface area contributed by atoms with Crippen LogP contribution in [-0.4, -0.2) is 11.0 Å². The van der Waals surface area contributed by atoms with Crippen LogP contribution in [-0.2, 0) is 0 Å². The van der Waals surface area contributed by atoms with E-state index in [2.05, 4.69) is 41.5 Å². The summed E-state index contributed by atoms with van der Waals surface area (Å²) in [6.45, 7) is 2.27. The minimum absolute atomic E-state index is 0.633. The summed E-state index contributed by atoms with van der Waals surface area (Å²) in [6.07, 6.45) is 7.77. The quantitative estimate of drug-likeness (QED) is 0.856. The van der Waals surface area contributed by atoms with Crippen molar-refractivity contribution in [3.8, 4) is 0 Å². The van der Waals surface area contributed by atoms with Crippen molar-refractivity contribution >= 4 is 16.5 Å². The van der Waals surface area contributed by atoms with Crippen molar-refractivity contribution in [1.82, 2.24) is 4.98 Å². The van der Waals surface area contributed by atoms with Crippen molar-refractivity contribution in [2.45, 2.75) is 32.2 Å². The van der Waals surface area contributed by atoms with Crippen LogP contribution >= 0.6 is 0 Å². The first kappa shape index (κ1) is 10.6. The molecular weight excluding hydrogens is 208 g/mol. The molecule has 0 amide bonds. The highest BCUT2D eigenvalue weighted by atomic mass is 14.9. The summed E-state index contributed by atoms with van der Waals surface area (Å²) in [7, 11) is 0. The maximum absolute atomic E-state index is 4.17. The van der Waals surface area contributed by atoms with E-state index in [1.807, 2.05) is 12.4 Å². The highest BCUT2D eigenvalue weighted by molar-refractivity contribution is 5.93. The van der Waals surface area contributed by atoms with Gasteiger partial charge in [0.05, 0.1) is 0 Å². The van der Waals surface area contributed by atoms with Gasteiger partial charge < -0.3 is 5.32 Å². The van der Waals surface area contributed by atoms with Crippen molar-refractivity contribution in [3.05, 3.63) is 36.7 Å². The van der Waals surface area contributed by atoms with E-state index in [1.54, 1.807) is 0 Å². The molecule has 2 nitrogen and oxygen atoms in total. The molecule has 1 aromatic heterocycles. The van der Waals surface area contributed by atoms with E-state index in [1.165, 1.54) is 35.7 Å². The van der Waals surface area contributed by atoms with Crippen LogP contribution < -0.4 is 5.32 Å². The van der Waals surface area contributed by atoms with Crippen LogP contribution in [0.3, 0.4) is 0 Å². The Labute approximate surface area is 102 Å². The Kier molecular flexibility index (Phi) is 2.71. The SMILES string of the molecule is CCC(Nc1cccc2cnccc12)C1CC1. The zero-order valence-corrected chi connectivity index (χ0v) is 10.2. The van der Waals surface area contributed by atoms with Crippen molar-refractivity contribution in [3.63, 3.8) is 0 Å². The number of benzene rings is 1. The fraction of sp³-hybridized carbons (Fsp3) is 0.400. The number of rotatable bonds is 4. The van der Waals surface area contributed by atoms with Gasteiger partial charge in [-0.15, -0.1) is 0 Å². The number of nitrogens with zero attached hydrogens (tertiary/aromatic N) is 1. The largest absolute Gasteiger partial charge is 0.382 e. The smallest absolute Gasteiger partial charge is 0.0423 e. The summed E-state index contributed by atoms with van der Waals surface area (Å²) in [5, 5.41) is 6.20. The van der Waals surface area contributed by atoms with Crippen molar-refractivity contribution < 1.29 is 0 Å². The monoisotopic (exact) mass is 226 g/mol. The minimum atomic E-state index is 0.633. The summed E-state index contributed by atoms with van der Waals surface area (Å²) in [4.78, 5) is 4.17. The highest BCUT2D eigenvalue weighted by Crippen LogP contribution is 2.36. The molecule has 17 heavy (non-hydrogen) atoms. The van der Waals surface area contributed by atoms with Crippen LogP contribution in [0.4, 0.5) is 5.69 Å². The highest BCUT2D eigenvalue weighted by Gasteiger charge is 2.29. The third-order valence-corrected chi connectivity index (χ3v) is 3.65. The number of aromatic nitrogens is 1. The number of nitrogens with one attached hydrogen (secondary N) is 1. The van der Waals surface area contributed by atoms with Gasteiger partial charge in [-0.05, 0) is 37.3 Å². The normalized spacial score (nSPS) is 17.0. The zero-order valence-electron chi connectivity index (χ0n) is 10.2. The summed E-state index contributed by atoms with van der Waals surface area (Å²) in [5.74, 6) is 0.886. The van der Waals surface area contributed by atoms with Crippen LogP contribution in [0.25, 0.3) is 10.8 Å². The van der Waals surface area contributed by atoms with E-state index >= 15 is 0 Å². The lowest BCUT2D eigenvalue weighted by atomic mass is 10.1. The third kappa shape index (κ3) is 2.12. The standard InChI is InChI=1S/C15H18N2/c1-2-14(11-6-7-11)17-15-5-3-4-12-10-16-9-8-13(12)15/h3-5,8-11,14,17H,2,6-7H2,1H3. The number of pyridine rings is 1. The van der Waals surface area contributed by atoms with Gasteiger partial charge in [0, 0.05) is 34.9 Å². The van der Waals surface area contributed by atoms with Crippen molar-refractivity contribution in [2.75, 3.05) is 5.32 Å². The molecule has 1 heterocycles. The summed E-state index contributed by atoms with van der Waals surface area (Å²) in [6, 6.07) is 9.12. The second kappa shape index (κ2) is 4.36. The maximum Gasteiger partial charge on any atom is 0.0423 e. The molecule has 2 heteroatoms. The molecule has 1 aromatic carbocycles. The van der Waals surface area contributed by atoms with E-state index in [4.69, 9.17) is 0 Å². The number of anilines is 1. The molecule has 1 atom stereocenters. The predicted octanol–water partition coefficient (Wildman–Crippen LogP) is 3.84. The molecule has 0 aliphatic heterocycles. The number of hydrogen-bond acceptors (Lipinski definition) is 2. The molecule has 3 rings (SSSR count). The number of hydrogen-bond donors (Lipinski definition) is 1. The average molecular weight is 226 g/mol. The lowest BCUT2D eigenvalue weighted by Crippen LogP contribution is -2.20. The molecular formula is C15H18N2. The van der Waals surface area contributed by atoms with Gasteiger partial charge in [0.25, 0.3) is 0 Å². The molecule has 1 aliphatic rings. The molecule has 1 fully saturated rings. The molecule has 88 valence electrons. The number of fused-ring (bicyclic) bond motifs is 1. The second-order valence-corrected chi connectivity index (χ2v) is 4.90. The summed E-state index contributed by atoms with van der Waals surface area (Å²) < 4.78 is 0. The Balaban J connectivity index is 1.93. The maximum atomic E-state index is 4.17. The minimum Gasteiger partial charge on any atom is -0.382 e. The van der Waals surface area contributed by atoms with Crippen LogP contribution in [0.5, 0.6) is 0 Å². The lowest BCUT2D eigenvalue weighted by molar-refractivity contribution is 0.617. The molecule has 0 spiro atoms. The lowest BCUT2D eigenvalue weighted by Gasteiger charge is -2.19. The zero-order chi connectivity index (χ0) is 11.7. The van der Waals surface area contributed by atoms with Crippen LogP contribution in [0.2, 0.25) is 0 Å². The van der Waals surface area contributed by atoms with E-state index in [0.29, 0.717) is 6.04 Å². The van der Waals surface area contributed by atoms with Gasteiger partial charge in [-0.25, -0.2) is 0 Å². The van der Waals surface area contributed by atoms with Gasteiger partial charge >= 0.3 is 0 Å². The molecule has 0 radical (unpaired) electrons. The van der Waals surface area contributed by atoms with Gasteiger partial charge in [0.2, 0.25) is 0 Å². The van der Waals surface area contributed by atoms with E-state index < -0.39 is 0 Å². The third-order valence-electron chi connectivity index (χ3n) is 3.65. The van der Waals surface area contributed by atoms with Crippen molar-refractivity contribution in [2.24, 2.45) is 5.92 Å². The van der Waals surface area contributed by atoms with Gasteiger partial charge in [-0.3, -0.25) is 4.98 Å². The first-order chi connectivity index (χ1) is 8.38. The topological polar surface area (TPSA) is 24.9 Å². The summed E-state index contributed by atoms with van der Waals surface area (Å²) >= 11 is 0. The van der Waals surface area contributed by atoms with Crippen LogP contribution in [0, 0.1) is 5.92 Å². The van der Waals surface area contributed by atoms with E-state index in [9.17, 15) is 0 Å². The van der Waals surface area contributed by atoms with E-state index in [-0.39, 0.29) is 0 Å². The first-order valence-corrected chi connectivity index (χ1v) is 6.47. The Morgan fingerprint density at radius 2 is 2.24 bits per heavy atom. The molecule has 0 saturated heterocycles. The van der Waals surface area contributed by atoms with Gasteiger partial charge in [0.1, 0.15) is 0 Å². The van der Waals surface area contributed by atoms with Crippen molar-refractivity contribution in [1.29, 1.82) is 0 Å².